The molecule has 0 aliphatic carbocycles. The molecular weight excluding hydrogens is 279 g/mol. The van der Waals surface area contributed by atoms with Crippen molar-refractivity contribution in [3.63, 3.8) is 0 Å². The number of thiophene rings is 1. The first-order chi connectivity index (χ1) is 9.77. The van der Waals surface area contributed by atoms with Gasteiger partial charge in [0.05, 0.1) is 11.2 Å². The number of fused-ring (bicyclic) bond motifs is 1. The molecule has 1 aromatic heterocycles. The Bertz CT molecular complexity index is 788. The molecule has 2 heterocycles. The average Bonchev–Trinajstić information content (AvgIpc) is 2.82. The van der Waals surface area contributed by atoms with Crippen LogP contribution >= 0.6 is 11.3 Å². The summed E-state index contributed by atoms with van der Waals surface area (Å²) in [6.45, 7) is 14.5. The SMILES string of the molecule is C=c1sc2c(B3OC(C)(C)C(C)(C)O3)cccc2/c1=C/C. The Morgan fingerprint density at radius 1 is 1.14 bits per heavy atom. The Hall–Kier alpha value is -1.10. The third kappa shape index (κ3) is 2.17. The maximum Gasteiger partial charge on any atom is 0.496 e. The number of hydrogen-bond donors (Lipinski definition) is 0. The van der Waals surface area contributed by atoms with Crippen LogP contribution in [0.2, 0.25) is 0 Å². The van der Waals surface area contributed by atoms with Crippen LogP contribution in [0.25, 0.3) is 22.7 Å². The fraction of sp³-hybridized carbons (Fsp3) is 0.412. The van der Waals surface area contributed by atoms with E-state index in [1.165, 1.54) is 15.3 Å². The van der Waals surface area contributed by atoms with Gasteiger partial charge < -0.3 is 9.31 Å². The second-order valence-corrected chi connectivity index (χ2v) is 7.64. The molecule has 0 unspecified atom stereocenters. The molecule has 2 nitrogen and oxygen atoms in total. The smallest absolute Gasteiger partial charge is 0.399 e. The van der Waals surface area contributed by atoms with E-state index >= 15 is 0 Å². The summed E-state index contributed by atoms with van der Waals surface area (Å²) >= 11 is 1.71. The highest BCUT2D eigenvalue weighted by Gasteiger charge is 2.52. The Labute approximate surface area is 130 Å². The second-order valence-electron chi connectivity index (χ2n) is 6.54. The van der Waals surface area contributed by atoms with Crippen LogP contribution in [0.5, 0.6) is 0 Å². The lowest BCUT2D eigenvalue weighted by atomic mass is 9.78. The molecule has 21 heavy (non-hydrogen) atoms. The molecule has 110 valence electrons. The van der Waals surface area contributed by atoms with E-state index in [4.69, 9.17) is 9.31 Å². The van der Waals surface area contributed by atoms with Gasteiger partial charge in [0.25, 0.3) is 0 Å². The molecule has 1 aliphatic heterocycles. The third-order valence-electron chi connectivity index (χ3n) is 4.66. The van der Waals surface area contributed by atoms with Gasteiger partial charge in [-0.1, -0.05) is 30.9 Å². The van der Waals surface area contributed by atoms with E-state index in [9.17, 15) is 0 Å². The number of rotatable bonds is 1. The van der Waals surface area contributed by atoms with Gasteiger partial charge in [-0.2, -0.15) is 0 Å². The van der Waals surface area contributed by atoms with Crippen LogP contribution < -0.4 is 15.2 Å². The molecule has 0 atom stereocenters. The summed E-state index contributed by atoms with van der Waals surface area (Å²) in [5.41, 5.74) is 0.475. The van der Waals surface area contributed by atoms with Crippen LogP contribution in [-0.4, -0.2) is 18.3 Å². The lowest BCUT2D eigenvalue weighted by Crippen LogP contribution is -2.41. The van der Waals surface area contributed by atoms with Crippen molar-refractivity contribution in [3.8, 4) is 0 Å². The first kappa shape index (κ1) is 14.8. The van der Waals surface area contributed by atoms with E-state index in [1.54, 1.807) is 11.3 Å². The molecule has 0 radical (unpaired) electrons. The van der Waals surface area contributed by atoms with E-state index in [-0.39, 0.29) is 18.3 Å². The molecule has 4 heteroatoms. The Balaban J connectivity index is 2.18. The summed E-state index contributed by atoms with van der Waals surface area (Å²) in [6.07, 6.45) is 2.12. The first-order valence-corrected chi connectivity index (χ1v) is 8.11. The van der Waals surface area contributed by atoms with Gasteiger partial charge in [-0.3, -0.25) is 0 Å². The zero-order valence-corrected chi connectivity index (χ0v) is 14.1. The Morgan fingerprint density at radius 3 is 2.33 bits per heavy atom. The number of hydrogen-bond acceptors (Lipinski definition) is 3. The van der Waals surface area contributed by atoms with Gasteiger partial charge in [-0.05, 0) is 45.2 Å². The average molecular weight is 300 g/mol. The van der Waals surface area contributed by atoms with Gasteiger partial charge >= 0.3 is 7.12 Å². The zero-order chi connectivity index (χ0) is 15.4. The molecule has 0 amide bonds. The van der Waals surface area contributed by atoms with E-state index < -0.39 is 0 Å². The summed E-state index contributed by atoms with van der Waals surface area (Å²) in [5.74, 6) is 0. The van der Waals surface area contributed by atoms with Crippen LogP contribution in [0.15, 0.2) is 18.2 Å². The van der Waals surface area contributed by atoms with Crippen molar-refractivity contribution in [1.29, 1.82) is 0 Å². The molecule has 0 spiro atoms. The minimum absolute atomic E-state index is 0.315. The van der Waals surface area contributed by atoms with Gasteiger partial charge in [0.15, 0.2) is 0 Å². The first-order valence-electron chi connectivity index (χ1n) is 7.29. The fourth-order valence-corrected chi connectivity index (χ4v) is 3.84. The van der Waals surface area contributed by atoms with E-state index in [0.29, 0.717) is 0 Å². The third-order valence-corrected chi connectivity index (χ3v) is 5.78. The highest BCUT2D eigenvalue weighted by molar-refractivity contribution is 7.18. The molecule has 1 fully saturated rings. The summed E-state index contributed by atoms with van der Waals surface area (Å²) in [5, 5.41) is 2.45. The van der Waals surface area contributed by atoms with Crippen molar-refractivity contribution in [2.75, 3.05) is 0 Å². The van der Waals surface area contributed by atoms with Gasteiger partial charge in [0.1, 0.15) is 0 Å². The minimum atomic E-state index is -0.318. The molecule has 3 rings (SSSR count). The molecular formula is C17H21BO2S. The van der Waals surface area contributed by atoms with Gasteiger partial charge in [0, 0.05) is 14.7 Å². The highest BCUT2D eigenvalue weighted by atomic mass is 32.1. The second kappa shape index (κ2) is 4.70. The van der Waals surface area contributed by atoms with Crippen LogP contribution in [0.4, 0.5) is 0 Å². The van der Waals surface area contributed by atoms with Crippen LogP contribution in [0.3, 0.4) is 0 Å². The van der Waals surface area contributed by atoms with Crippen molar-refractivity contribution in [3.05, 3.63) is 28.0 Å². The van der Waals surface area contributed by atoms with Crippen LogP contribution in [-0.2, 0) is 9.31 Å². The summed E-state index contributed by atoms with van der Waals surface area (Å²) in [7, 11) is -0.318. The van der Waals surface area contributed by atoms with Gasteiger partial charge in [-0.15, -0.1) is 11.3 Å². The van der Waals surface area contributed by atoms with Crippen molar-refractivity contribution in [1.82, 2.24) is 0 Å². The summed E-state index contributed by atoms with van der Waals surface area (Å²) < 4.78 is 14.7. The van der Waals surface area contributed by atoms with E-state index in [1.807, 2.05) is 0 Å². The van der Waals surface area contributed by atoms with E-state index in [0.717, 1.165) is 10.00 Å². The molecule has 0 saturated carbocycles. The topological polar surface area (TPSA) is 18.5 Å². The quantitative estimate of drug-likeness (QED) is 0.753. The van der Waals surface area contributed by atoms with Crippen LogP contribution in [0.1, 0.15) is 34.6 Å². The maximum atomic E-state index is 6.19. The molecule has 1 saturated heterocycles. The highest BCUT2D eigenvalue weighted by Crippen LogP contribution is 2.37. The Kier molecular flexibility index (Phi) is 3.32. The fourth-order valence-electron chi connectivity index (χ4n) is 2.68. The lowest BCUT2D eigenvalue weighted by molar-refractivity contribution is 0.00578. The molecule has 2 aromatic rings. The maximum absolute atomic E-state index is 6.19. The standard InChI is InChI=1S/C17H21BO2S/c1-7-12-11(2)21-15-13(12)9-8-10-14(15)18-19-16(3,4)17(5,6)20-18/h7-10H,2H2,1,3-6H3/b12-7+. The van der Waals surface area contributed by atoms with Crippen molar-refractivity contribution in [2.45, 2.75) is 45.8 Å². The predicted molar refractivity (Wildman–Crippen MR) is 92.5 cm³/mol. The van der Waals surface area contributed by atoms with Crippen molar-refractivity contribution in [2.24, 2.45) is 0 Å². The Morgan fingerprint density at radius 2 is 1.76 bits per heavy atom. The number of benzene rings is 1. The molecule has 0 bridgehead atoms. The minimum Gasteiger partial charge on any atom is -0.399 e. The molecule has 0 N–H and O–H groups in total. The molecule has 1 aromatic carbocycles. The van der Waals surface area contributed by atoms with E-state index in [2.05, 4.69) is 65.5 Å². The van der Waals surface area contributed by atoms with Gasteiger partial charge in [-0.25, -0.2) is 0 Å². The van der Waals surface area contributed by atoms with Gasteiger partial charge in [0.2, 0.25) is 0 Å². The summed E-state index contributed by atoms with van der Waals surface area (Å²) in [4.78, 5) is 0. The monoisotopic (exact) mass is 300 g/mol. The van der Waals surface area contributed by atoms with Crippen molar-refractivity contribution < 1.29 is 9.31 Å². The normalized spacial score (nSPS) is 21.4. The lowest BCUT2D eigenvalue weighted by Gasteiger charge is -2.32. The zero-order valence-electron chi connectivity index (χ0n) is 13.3. The summed E-state index contributed by atoms with van der Waals surface area (Å²) in [6, 6.07) is 6.31. The predicted octanol–water partition coefficient (Wildman–Crippen LogP) is 2.41. The van der Waals surface area contributed by atoms with Crippen LogP contribution in [0, 0.1) is 0 Å². The molecule has 1 aliphatic rings. The largest absolute Gasteiger partial charge is 0.496 e. The van der Waals surface area contributed by atoms with Crippen molar-refractivity contribution >= 4 is 46.7 Å².